The molecule has 1 rings (SSSR count). The molecule has 0 saturated carbocycles. The Morgan fingerprint density at radius 3 is 2.63 bits per heavy atom. The SMILES string of the molecule is Cc1cccc(C(=O)NCC(C)(C)CCCN)c1C. The zero-order valence-corrected chi connectivity index (χ0v) is 12.5. The second-order valence-electron chi connectivity index (χ2n) is 5.99. The molecular formula is C16H26N2O. The maximum absolute atomic E-state index is 12.2. The minimum Gasteiger partial charge on any atom is -0.351 e. The van der Waals surface area contributed by atoms with Gasteiger partial charge >= 0.3 is 0 Å². The Morgan fingerprint density at radius 1 is 1.32 bits per heavy atom. The van der Waals surface area contributed by atoms with Gasteiger partial charge < -0.3 is 11.1 Å². The van der Waals surface area contributed by atoms with Gasteiger partial charge in [0.25, 0.3) is 5.91 Å². The van der Waals surface area contributed by atoms with Crippen molar-refractivity contribution in [2.24, 2.45) is 11.1 Å². The van der Waals surface area contributed by atoms with Crippen molar-refractivity contribution in [3.8, 4) is 0 Å². The van der Waals surface area contributed by atoms with Crippen molar-refractivity contribution in [2.45, 2.75) is 40.5 Å². The van der Waals surface area contributed by atoms with Crippen molar-refractivity contribution < 1.29 is 4.79 Å². The Balaban J connectivity index is 2.63. The highest BCUT2D eigenvalue weighted by Crippen LogP contribution is 2.21. The van der Waals surface area contributed by atoms with Crippen LogP contribution in [-0.4, -0.2) is 19.0 Å². The van der Waals surface area contributed by atoms with Gasteiger partial charge in [-0.2, -0.15) is 0 Å². The molecule has 3 heteroatoms. The first kappa shape index (κ1) is 15.7. The number of hydrogen-bond donors (Lipinski definition) is 2. The largest absolute Gasteiger partial charge is 0.351 e. The molecule has 0 spiro atoms. The van der Waals surface area contributed by atoms with Crippen LogP contribution in [0.2, 0.25) is 0 Å². The first-order valence-electron chi connectivity index (χ1n) is 6.92. The topological polar surface area (TPSA) is 55.1 Å². The molecule has 0 fully saturated rings. The highest BCUT2D eigenvalue weighted by Gasteiger charge is 2.19. The van der Waals surface area contributed by atoms with E-state index in [0.717, 1.165) is 29.5 Å². The van der Waals surface area contributed by atoms with Crippen LogP contribution in [0.4, 0.5) is 0 Å². The first-order chi connectivity index (χ1) is 8.87. The van der Waals surface area contributed by atoms with Gasteiger partial charge in [0, 0.05) is 12.1 Å². The van der Waals surface area contributed by atoms with Crippen LogP contribution in [0.25, 0.3) is 0 Å². The summed E-state index contributed by atoms with van der Waals surface area (Å²) in [5.74, 6) is 0.0158. The lowest BCUT2D eigenvalue weighted by atomic mass is 9.87. The number of aryl methyl sites for hydroxylation is 1. The average molecular weight is 262 g/mol. The third-order valence-corrected chi connectivity index (χ3v) is 3.63. The quantitative estimate of drug-likeness (QED) is 0.828. The standard InChI is InChI=1S/C16H26N2O/c1-12-7-5-8-14(13(12)2)15(19)18-11-16(3,4)9-6-10-17/h5,7-8H,6,9-11,17H2,1-4H3,(H,18,19). The van der Waals surface area contributed by atoms with Crippen molar-refractivity contribution in [1.29, 1.82) is 0 Å². The van der Waals surface area contributed by atoms with Gasteiger partial charge in [-0.15, -0.1) is 0 Å². The van der Waals surface area contributed by atoms with Crippen LogP contribution in [0.15, 0.2) is 18.2 Å². The van der Waals surface area contributed by atoms with E-state index < -0.39 is 0 Å². The van der Waals surface area contributed by atoms with Crippen LogP contribution >= 0.6 is 0 Å². The fourth-order valence-electron chi connectivity index (χ4n) is 2.08. The van der Waals surface area contributed by atoms with Crippen LogP contribution < -0.4 is 11.1 Å². The normalized spacial score (nSPS) is 11.4. The molecule has 0 atom stereocenters. The van der Waals surface area contributed by atoms with Crippen LogP contribution in [0, 0.1) is 19.3 Å². The predicted octanol–water partition coefficient (Wildman–Crippen LogP) is 2.80. The van der Waals surface area contributed by atoms with E-state index in [1.165, 1.54) is 0 Å². The van der Waals surface area contributed by atoms with Crippen molar-refractivity contribution in [1.82, 2.24) is 5.32 Å². The van der Waals surface area contributed by atoms with E-state index in [0.29, 0.717) is 13.1 Å². The van der Waals surface area contributed by atoms with E-state index in [1.54, 1.807) is 0 Å². The maximum Gasteiger partial charge on any atom is 0.251 e. The average Bonchev–Trinajstić information content (AvgIpc) is 2.37. The number of carbonyl (C=O) groups excluding carboxylic acids is 1. The highest BCUT2D eigenvalue weighted by molar-refractivity contribution is 5.95. The van der Waals surface area contributed by atoms with Gasteiger partial charge in [0.15, 0.2) is 0 Å². The molecule has 0 heterocycles. The number of hydrogen-bond acceptors (Lipinski definition) is 2. The lowest BCUT2D eigenvalue weighted by Gasteiger charge is -2.25. The third-order valence-electron chi connectivity index (χ3n) is 3.63. The Hall–Kier alpha value is -1.35. The summed E-state index contributed by atoms with van der Waals surface area (Å²) in [5, 5.41) is 3.04. The summed E-state index contributed by atoms with van der Waals surface area (Å²) in [6.07, 6.45) is 2.02. The molecule has 106 valence electrons. The van der Waals surface area contributed by atoms with Crippen molar-refractivity contribution >= 4 is 5.91 Å². The van der Waals surface area contributed by atoms with E-state index in [4.69, 9.17) is 5.73 Å². The summed E-state index contributed by atoms with van der Waals surface area (Å²) in [6.45, 7) is 9.72. The number of nitrogens with one attached hydrogen (secondary N) is 1. The van der Waals surface area contributed by atoms with Gasteiger partial charge in [-0.3, -0.25) is 4.79 Å². The predicted molar refractivity (Wildman–Crippen MR) is 80.3 cm³/mol. The summed E-state index contributed by atoms with van der Waals surface area (Å²) in [6, 6.07) is 5.83. The van der Waals surface area contributed by atoms with Crippen LogP contribution in [-0.2, 0) is 0 Å². The number of amides is 1. The molecule has 1 aromatic rings. The number of benzene rings is 1. The Kier molecular flexibility index (Phi) is 5.55. The Bertz CT molecular complexity index is 438. The van der Waals surface area contributed by atoms with Crippen molar-refractivity contribution in [2.75, 3.05) is 13.1 Å². The molecule has 0 aromatic heterocycles. The van der Waals surface area contributed by atoms with Gasteiger partial charge in [0.2, 0.25) is 0 Å². The molecule has 0 aliphatic carbocycles. The van der Waals surface area contributed by atoms with Crippen LogP contribution in [0.1, 0.15) is 48.2 Å². The molecule has 1 amide bonds. The summed E-state index contributed by atoms with van der Waals surface area (Å²) in [5.41, 5.74) is 8.60. The highest BCUT2D eigenvalue weighted by atomic mass is 16.1. The smallest absolute Gasteiger partial charge is 0.251 e. The van der Waals surface area contributed by atoms with E-state index in [9.17, 15) is 4.79 Å². The summed E-state index contributed by atoms with van der Waals surface area (Å²) in [7, 11) is 0. The van der Waals surface area contributed by atoms with E-state index >= 15 is 0 Å². The molecule has 0 radical (unpaired) electrons. The minimum absolute atomic E-state index is 0.0158. The Labute approximate surface area is 116 Å². The number of nitrogens with two attached hydrogens (primary N) is 1. The van der Waals surface area contributed by atoms with E-state index in [-0.39, 0.29) is 11.3 Å². The molecule has 0 unspecified atom stereocenters. The molecule has 3 nitrogen and oxygen atoms in total. The monoisotopic (exact) mass is 262 g/mol. The van der Waals surface area contributed by atoms with E-state index in [2.05, 4.69) is 19.2 Å². The lowest BCUT2D eigenvalue weighted by molar-refractivity contribution is 0.0933. The second kappa shape index (κ2) is 6.71. The summed E-state index contributed by atoms with van der Waals surface area (Å²) >= 11 is 0. The molecule has 1 aromatic carbocycles. The summed E-state index contributed by atoms with van der Waals surface area (Å²) < 4.78 is 0. The van der Waals surface area contributed by atoms with Crippen LogP contribution in [0.5, 0.6) is 0 Å². The maximum atomic E-state index is 12.2. The number of rotatable bonds is 6. The third kappa shape index (κ3) is 4.67. The van der Waals surface area contributed by atoms with Gasteiger partial charge in [-0.1, -0.05) is 26.0 Å². The zero-order chi connectivity index (χ0) is 14.5. The Morgan fingerprint density at radius 2 is 2.00 bits per heavy atom. The number of carbonyl (C=O) groups is 1. The fourth-order valence-corrected chi connectivity index (χ4v) is 2.08. The molecule has 3 N–H and O–H groups in total. The minimum atomic E-state index is 0.0158. The van der Waals surface area contributed by atoms with Gasteiger partial charge in [-0.05, 0) is 55.8 Å². The summed E-state index contributed by atoms with van der Waals surface area (Å²) in [4.78, 5) is 12.2. The van der Waals surface area contributed by atoms with Crippen LogP contribution in [0.3, 0.4) is 0 Å². The lowest BCUT2D eigenvalue weighted by Crippen LogP contribution is -2.34. The van der Waals surface area contributed by atoms with Gasteiger partial charge in [-0.25, -0.2) is 0 Å². The molecule has 0 saturated heterocycles. The van der Waals surface area contributed by atoms with Gasteiger partial charge in [0.05, 0.1) is 0 Å². The molecule has 0 aliphatic rings. The van der Waals surface area contributed by atoms with E-state index in [1.807, 2.05) is 32.0 Å². The second-order valence-corrected chi connectivity index (χ2v) is 5.99. The molecule has 0 aliphatic heterocycles. The first-order valence-corrected chi connectivity index (χ1v) is 6.92. The zero-order valence-electron chi connectivity index (χ0n) is 12.5. The molecule has 0 bridgehead atoms. The van der Waals surface area contributed by atoms with Crippen molar-refractivity contribution in [3.63, 3.8) is 0 Å². The van der Waals surface area contributed by atoms with Gasteiger partial charge in [0.1, 0.15) is 0 Å². The molecule has 19 heavy (non-hydrogen) atoms. The molecular weight excluding hydrogens is 236 g/mol. The fraction of sp³-hybridized carbons (Fsp3) is 0.562. The van der Waals surface area contributed by atoms with Crippen molar-refractivity contribution in [3.05, 3.63) is 34.9 Å².